The standard InChI is InChI=1S/C21H22N2O3/c1-5-6-17-11-18(12-19(25-3)20(17)26-4)21(24)23(2)14-16-9-7-15(13-22)8-10-16/h5,7-12H,1,6,14H2,2-4H3. The van der Waals surface area contributed by atoms with E-state index in [2.05, 4.69) is 12.6 Å². The van der Waals surface area contributed by atoms with Crippen molar-refractivity contribution in [2.24, 2.45) is 0 Å². The largest absolute Gasteiger partial charge is 0.493 e. The lowest BCUT2D eigenvalue weighted by molar-refractivity contribution is 0.0784. The maximum atomic E-state index is 12.8. The Kier molecular flexibility index (Phi) is 6.40. The van der Waals surface area contributed by atoms with E-state index in [0.717, 1.165) is 11.1 Å². The van der Waals surface area contributed by atoms with Gasteiger partial charge in [0.25, 0.3) is 5.91 Å². The Bertz CT molecular complexity index is 836. The molecule has 5 nitrogen and oxygen atoms in total. The maximum Gasteiger partial charge on any atom is 0.254 e. The SMILES string of the molecule is C=CCc1cc(C(=O)N(C)Cc2ccc(C#N)cc2)cc(OC)c1OC. The Morgan fingerprint density at radius 1 is 1.23 bits per heavy atom. The summed E-state index contributed by atoms with van der Waals surface area (Å²) in [6, 6.07) is 12.8. The molecular formula is C21H22N2O3. The first kappa shape index (κ1) is 19.1. The van der Waals surface area contributed by atoms with E-state index >= 15 is 0 Å². The predicted octanol–water partition coefficient (Wildman–Crippen LogP) is 3.58. The highest BCUT2D eigenvalue weighted by atomic mass is 16.5. The topological polar surface area (TPSA) is 62.6 Å². The van der Waals surface area contributed by atoms with Gasteiger partial charge in [-0.25, -0.2) is 0 Å². The third-order valence-corrected chi connectivity index (χ3v) is 4.02. The first-order chi connectivity index (χ1) is 12.5. The van der Waals surface area contributed by atoms with Crippen LogP contribution >= 0.6 is 0 Å². The fourth-order valence-corrected chi connectivity index (χ4v) is 2.72. The van der Waals surface area contributed by atoms with E-state index in [-0.39, 0.29) is 5.91 Å². The number of carbonyl (C=O) groups excluding carboxylic acids is 1. The van der Waals surface area contributed by atoms with E-state index in [4.69, 9.17) is 14.7 Å². The molecule has 0 aliphatic carbocycles. The van der Waals surface area contributed by atoms with E-state index in [1.807, 2.05) is 12.1 Å². The second-order valence-corrected chi connectivity index (χ2v) is 5.83. The zero-order valence-electron chi connectivity index (χ0n) is 15.3. The molecule has 0 N–H and O–H groups in total. The summed E-state index contributed by atoms with van der Waals surface area (Å²) in [4.78, 5) is 14.5. The van der Waals surface area contributed by atoms with Crippen LogP contribution in [0.3, 0.4) is 0 Å². The molecule has 0 saturated heterocycles. The smallest absolute Gasteiger partial charge is 0.254 e. The minimum atomic E-state index is -0.124. The summed E-state index contributed by atoms with van der Waals surface area (Å²) >= 11 is 0. The number of hydrogen-bond donors (Lipinski definition) is 0. The number of hydrogen-bond acceptors (Lipinski definition) is 4. The summed E-state index contributed by atoms with van der Waals surface area (Å²) in [7, 11) is 4.86. The summed E-state index contributed by atoms with van der Waals surface area (Å²) < 4.78 is 10.8. The lowest BCUT2D eigenvalue weighted by atomic mass is 10.0. The predicted molar refractivity (Wildman–Crippen MR) is 100 cm³/mol. The number of nitriles is 1. The van der Waals surface area contributed by atoms with Crippen molar-refractivity contribution in [3.8, 4) is 17.6 Å². The van der Waals surface area contributed by atoms with Crippen molar-refractivity contribution in [3.05, 3.63) is 71.3 Å². The molecular weight excluding hydrogens is 328 g/mol. The van der Waals surface area contributed by atoms with Crippen molar-refractivity contribution in [1.29, 1.82) is 5.26 Å². The van der Waals surface area contributed by atoms with Crippen LogP contribution in [0.4, 0.5) is 0 Å². The summed E-state index contributed by atoms with van der Waals surface area (Å²) in [6.45, 7) is 4.19. The molecule has 0 unspecified atom stereocenters. The average Bonchev–Trinajstić information content (AvgIpc) is 2.67. The molecule has 0 fully saturated rings. The number of rotatable bonds is 7. The van der Waals surface area contributed by atoms with Crippen LogP contribution in [0.2, 0.25) is 0 Å². The van der Waals surface area contributed by atoms with Crippen LogP contribution in [0.15, 0.2) is 49.1 Å². The quantitative estimate of drug-likeness (QED) is 0.716. The molecule has 0 bridgehead atoms. The third-order valence-electron chi connectivity index (χ3n) is 4.02. The first-order valence-corrected chi connectivity index (χ1v) is 8.14. The van der Waals surface area contributed by atoms with E-state index in [1.165, 1.54) is 0 Å². The number of methoxy groups -OCH3 is 2. The Labute approximate surface area is 154 Å². The zero-order chi connectivity index (χ0) is 19.1. The van der Waals surface area contributed by atoms with Crippen LogP contribution in [0.1, 0.15) is 27.0 Å². The van der Waals surface area contributed by atoms with Crippen LogP contribution in [0, 0.1) is 11.3 Å². The second kappa shape index (κ2) is 8.72. The Morgan fingerprint density at radius 2 is 1.92 bits per heavy atom. The molecule has 2 aromatic carbocycles. The van der Waals surface area contributed by atoms with Gasteiger partial charge in [0.15, 0.2) is 11.5 Å². The van der Waals surface area contributed by atoms with Gasteiger partial charge in [-0.3, -0.25) is 4.79 Å². The molecule has 0 atom stereocenters. The Morgan fingerprint density at radius 3 is 2.46 bits per heavy atom. The third kappa shape index (κ3) is 4.22. The molecule has 5 heteroatoms. The number of benzene rings is 2. The van der Waals surface area contributed by atoms with E-state index < -0.39 is 0 Å². The van der Waals surface area contributed by atoms with Crippen molar-refractivity contribution in [1.82, 2.24) is 4.90 Å². The van der Waals surface area contributed by atoms with Crippen molar-refractivity contribution >= 4 is 5.91 Å². The van der Waals surface area contributed by atoms with Gasteiger partial charge in [-0.2, -0.15) is 5.26 Å². The van der Waals surface area contributed by atoms with Gasteiger partial charge in [0.05, 0.1) is 25.9 Å². The summed E-state index contributed by atoms with van der Waals surface area (Å²) in [5, 5.41) is 8.87. The Balaban J connectivity index is 2.27. The molecule has 0 aliphatic heterocycles. The number of amides is 1. The molecule has 0 radical (unpaired) electrons. The van der Waals surface area contributed by atoms with Crippen molar-refractivity contribution < 1.29 is 14.3 Å². The number of ether oxygens (including phenoxy) is 2. The van der Waals surface area contributed by atoms with E-state index in [1.54, 1.807) is 56.5 Å². The lowest BCUT2D eigenvalue weighted by Crippen LogP contribution is -2.26. The highest BCUT2D eigenvalue weighted by Crippen LogP contribution is 2.33. The lowest BCUT2D eigenvalue weighted by Gasteiger charge is -2.19. The van der Waals surface area contributed by atoms with Crippen molar-refractivity contribution in [2.45, 2.75) is 13.0 Å². The molecule has 26 heavy (non-hydrogen) atoms. The van der Waals surface area contributed by atoms with Gasteiger partial charge in [-0.05, 0) is 36.2 Å². The summed E-state index contributed by atoms with van der Waals surface area (Å²) in [6.07, 6.45) is 2.33. The summed E-state index contributed by atoms with van der Waals surface area (Å²) in [5.41, 5.74) is 2.91. The molecule has 0 heterocycles. The van der Waals surface area contributed by atoms with Crippen molar-refractivity contribution in [3.63, 3.8) is 0 Å². The second-order valence-electron chi connectivity index (χ2n) is 5.83. The van der Waals surface area contributed by atoms with Gasteiger partial charge in [-0.15, -0.1) is 6.58 Å². The molecule has 0 aliphatic rings. The molecule has 0 saturated carbocycles. The monoisotopic (exact) mass is 350 g/mol. The minimum Gasteiger partial charge on any atom is -0.493 e. The van der Waals surface area contributed by atoms with Gasteiger partial charge in [-0.1, -0.05) is 18.2 Å². The summed E-state index contributed by atoms with van der Waals surface area (Å²) in [5.74, 6) is 1.00. The van der Waals surface area contributed by atoms with Gasteiger partial charge in [0.2, 0.25) is 0 Å². The van der Waals surface area contributed by atoms with Crippen molar-refractivity contribution in [2.75, 3.05) is 21.3 Å². The fraction of sp³-hybridized carbons (Fsp3) is 0.238. The highest BCUT2D eigenvalue weighted by Gasteiger charge is 2.18. The molecule has 0 spiro atoms. The van der Waals surface area contributed by atoms with E-state index in [0.29, 0.717) is 35.6 Å². The van der Waals surface area contributed by atoms with Gasteiger partial charge >= 0.3 is 0 Å². The van der Waals surface area contributed by atoms with Crippen LogP contribution in [-0.4, -0.2) is 32.1 Å². The van der Waals surface area contributed by atoms with Crippen LogP contribution in [-0.2, 0) is 13.0 Å². The zero-order valence-corrected chi connectivity index (χ0v) is 15.3. The first-order valence-electron chi connectivity index (χ1n) is 8.14. The number of carbonyl (C=O) groups is 1. The molecule has 2 aromatic rings. The molecule has 2 rings (SSSR count). The fourth-order valence-electron chi connectivity index (χ4n) is 2.72. The number of allylic oxidation sites excluding steroid dienone is 1. The average molecular weight is 350 g/mol. The Hall–Kier alpha value is -3.26. The molecule has 1 amide bonds. The van der Waals surface area contributed by atoms with Gasteiger partial charge in [0.1, 0.15) is 0 Å². The van der Waals surface area contributed by atoms with Crippen LogP contribution < -0.4 is 9.47 Å². The van der Waals surface area contributed by atoms with Crippen LogP contribution in [0.5, 0.6) is 11.5 Å². The normalized spacial score (nSPS) is 9.92. The van der Waals surface area contributed by atoms with Gasteiger partial charge in [0, 0.05) is 24.7 Å². The van der Waals surface area contributed by atoms with Gasteiger partial charge < -0.3 is 14.4 Å². The minimum absolute atomic E-state index is 0.124. The molecule has 134 valence electrons. The number of nitrogens with zero attached hydrogens (tertiary/aromatic N) is 2. The van der Waals surface area contributed by atoms with E-state index in [9.17, 15) is 4.79 Å². The van der Waals surface area contributed by atoms with Crippen LogP contribution in [0.25, 0.3) is 0 Å². The molecule has 0 aromatic heterocycles. The maximum absolute atomic E-state index is 12.8. The highest BCUT2D eigenvalue weighted by molar-refractivity contribution is 5.95.